The van der Waals surface area contributed by atoms with Gasteiger partial charge in [0.2, 0.25) is 0 Å². The second kappa shape index (κ2) is 15.1. The van der Waals surface area contributed by atoms with Crippen LogP contribution in [0.3, 0.4) is 0 Å². The minimum Gasteiger partial charge on any atom is -0.467 e. The number of ether oxygens (including phenoxy) is 4. The molecule has 276 valence electrons. The number of hydrogen-bond acceptors (Lipinski definition) is 11. The molecule has 4 aromatic rings. The normalized spacial score (nSPS) is 20.9. The van der Waals surface area contributed by atoms with Crippen molar-refractivity contribution in [1.82, 2.24) is 19.8 Å². The summed E-state index contributed by atoms with van der Waals surface area (Å²) in [5, 5.41) is 12.1. The van der Waals surface area contributed by atoms with Gasteiger partial charge in [0.1, 0.15) is 23.8 Å². The van der Waals surface area contributed by atoms with E-state index in [9.17, 15) is 10.1 Å². The number of anilines is 2. The van der Waals surface area contributed by atoms with Crippen LogP contribution in [-0.2, 0) is 29.0 Å². The fourth-order valence-corrected chi connectivity index (χ4v) is 8.39. The van der Waals surface area contributed by atoms with Gasteiger partial charge in [-0.1, -0.05) is 54.6 Å². The van der Waals surface area contributed by atoms with Crippen molar-refractivity contribution < 1.29 is 23.7 Å². The van der Waals surface area contributed by atoms with Crippen molar-refractivity contribution in [2.75, 3.05) is 63.5 Å². The number of amides is 1. The topological polar surface area (TPSA) is 117 Å². The Bertz CT molecular complexity index is 1980. The SMILES string of the molecule is COCOc1cc(N2CCc3c(nc(OC4([C@@H]5CCCN5C)CC4)nc3N3CCN(C(=O)OCc4ccccc4)[C@@H](CC#N)C3)C2)c2ccccc2c1. The van der Waals surface area contributed by atoms with E-state index in [1.54, 1.807) is 12.0 Å². The molecule has 3 aliphatic heterocycles. The molecule has 1 amide bonds. The largest absolute Gasteiger partial charge is 0.467 e. The maximum Gasteiger partial charge on any atom is 0.410 e. The van der Waals surface area contributed by atoms with Gasteiger partial charge in [-0.2, -0.15) is 15.2 Å². The molecule has 3 fully saturated rings. The standard InChI is InChI=1S/C41H47N7O5/c1-45-19-8-13-37(45)41(16-17-41)53-39-43-35-26-46(36-24-32(52-28-50-2)23-30-11-6-7-12-33(30)36)20-15-34(35)38(44-39)47-21-22-48(31(25-47)14-18-42)40(49)51-27-29-9-4-3-5-10-29/h3-7,9-12,23-24,31,37H,8,13-17,19-22,25-28H2,1-2H3/t31-,37-/m0/s1. The van der Waals surface area contributed by atoms with Gasteiger partial charge in [-0.05, 0) is 62.7 Å². The second-order valence-electron chi connectivity index (χ2n) is 14.6. The maximum atomic E-state index is 13.4. The van der Waals surface area contributed by atoms with Crippen LogP contribution >= 0.6 is 0 Å². The van der Waals surface area contributed by atoms with Crippen LogP contribution in [0.2, 0.25) is 0 Å². The van der Waals surface area contributed by atoms with Crippen LogP contribution < -0.4 is 19.3 Å². The Labute approximate surface area is 310 Å². The molecule has 1 aromatic heterocycles. The van der Waals surface area contributed by atoms with E-state index < -0.39 is 6.09 Å². The van der Waals surface area contributed by atoms with Crippen LogP contribution in [0.15, 0.2) is 66.7 Å². The Balaban J connectivity index is 1.10. The molecule has 3 aromatic carbocycles. The third-order valence-electron chi connectivity index (χ3n) is 11.2. The minimum atomic E-state index is -0.404. The Morgan fingerprint density at radius 3 is 2.60 bits per heavy atom. The number of likely N-dealkylation sites (tertiary alicyclic amines) is 1. The van der Waals surface area contributed by atoms with E-state index in [1.807, 2.05) is 42.5 Å². The van der Waals surface area contributed by atoms with Gasteiger partial charge in [0, 0.05) is 62.0 Å². The second-order valence-corrected chi connectivity index (χ2v) is 14.6. The van der Waals surface area contributed by atoms with Gasteiger partial charge in [0.15, 0.2) is 6.79 Å². The van der Waals surface area contributed by atoms with Gasteiger partial charge >= 0.3 is 12.1 Å². The van der Waals surface area contributed by atoms with Crippen molar-refractivity contribution in [3.05, 3.63) is 83.6 Å². The Morgan fingerprint density at radius 1 is 1.00 bits per heavy atom. The summed E-state index contributed by atoms with van der Waals surface area (Å²) in [6.45, 7) is 4.17. The fourth-order valence-electron chi connectivity index (χ4n) is 8.39. The summed E-state index contributed by atoms with van der Waals surface area (Å²) in [5.41, 5.74) is 3.73. The molecule has 0 bridgehead atoms. The van der Waals surface area contributed by atoms with E-state index in [2.05, 4.69) is 52.1 Å². The summed E-state index contributed by atoms with van der Waals surface area (Å²) in [7, 11) is 3.81. The summed E-state index contributed by atoms with van der Waals surface area (Å²) in [5.74, 6) is 1.58. The van der Waals surface area contributed by atoms with Crippen molar-refractivity contribution in [3.8, 4) is 17.8 Å². The number of piperazine rings is 1. The van der Waals surface area contributed by atoms with E-state index in [0.717, 1.165) is 90.0 Å². The summed E-state index contributed by atoms with van der Waals surface area (Å²) in [4.78, 5) is 32.4. The first-order valence-corrected chi connectivity index (χ1v) is 18.7. The molecule has 53 heavy (non-hydrogen) atoms. The Kier molecular flexibility index (Phi) is 9.94. The average Bonchev–Trinajstić information content (AvgIpc) is 3.83. The Morgan fingerprint density at radius 2 is 1.83 bits per heavy atom. The third-order valence-corrected chi connectivity index (χ3v) is 11.2. The maximum absolute atomic E-state index is 13.4. The molecule has 0 spiro atoms. The predicted molar refractivity (Wildman–Crippen MR) is 201 cm³/mol. The third kappa shape index (κ3) is 7.28. The van der Waals surface area contributed by atoms with E-state index in [4.69, 9.17) is 28.9 Å². The number of fused-ring (bicyclic) bond motifs is 2. The highest BCUT2D eigenvalue weighted by atomic mass is 16.7. The highest BCUT2D eigenvalue weighted by molar-refractivity contribution is 5.95. The van der Waals surface area contributed by atoms with Gasteiger partial charge < -0.3 is 33.6 Å². The highest BCUT2D eigenvalue weighted by Crippen LogP contribution is 2.48. The number of likely N-dealkylation sites (N-methyl/N-ethyl adjacent to an activating group) is 1. The minimum absolute atomic E-state index is 0.167. The summed E-state index contributed by atoms with van der Waals surface area (Å²) >= 11 is 0. The number of hydrogen-bond donors (Lipinski definition) is 0. The molecule has 12 nitrogen and oxygen atoms in total. The molecule has 1 aliphatic carbocycles. The fraction of sp³-hybridized carbons (Fsp3) is 0.463. The molecule has 4 aliphatic rings. The van der Waals surface area contributed by atoms with Gasteiger partial charge in [-0.3, -0.25) is 4.90 Å². The van der Waals surface area contributed by atoms with Crippen LogP contribution in [0.5, 0.6) is 11.8 Å². The smallest absolute Gasteiger partial charge is 0.410 e. The van der Waals surface area contributed by atoms with Gasteiger partial charge in [-0.15, -0.1) is 0 Å². The van der Waals surface area contributed by atoms with Crippen LogP contribution in [0.1, 0.15) is 48.9 Å². The van der Waals surface area contributed by atoms with E-state index in [0.29, 0.717) is 38.2 Å². The van der Waals surface area contributed by atoms with Crippen molar-refractivity contribution in [1.29, 1.82) is 5.26 Å². The van der Waals surface area contributed by atoms with E-state index >= 15 is 0 Å². The van der Waals surface area contributed by atoms with Crippen LogP contribution in [-0.4, -0.2) is 97.2 Å². The lowest BCUT2D eigenvalue weighted by Crippen LogP contribution is -2.56. The van der Waals surface area contributed by atoms with Crippen LogP contribution in [0.25, 0.3) is 10.8 Å². The molecule has 4 heterocycles. The number of nitrogens with zero attached hydrogens (tertiary/aromatic N) is 7. The Hall–Kier alpha value is -5.12. The van der Waals surface area contributed by atoms with Crippen LogP contribution in [0.4, 0.5) is 16.3 Å². The van der Waals surface area contributed by atoms with Crippen molar-refractivity contribution in [3.63, 3.8) is 0 Å². The van der Waals surface area contributed by atoms with E-state index in [-0.39, 0.29) is 31.5 Å². The molecule has 8 rings (SSSR count). The lowest BCUT2D eigenvalue weighted by atomic mass is 10.0. The van der Waals surface area contributed by atoms with Crippen molar-refractivity contribution >= 4 is 28.4 Å². The first kappa shape index (κ1) is 34.9. The molecular weight excluding hydrogens is 670 g/mol. The molecule has 2 saturated heterocycles. The lowest BCUT2D eigenvalue weighted by molar-refractivity contribution is 0.0512. The number of benzene rings is 3. The molecule has 12 heteroatoms. The zero-order valence-electron chi connectivity index (χ0n) is 30.6. The number of nitriles is 1. The zero-order valence-corrected chi connectivity index (χ0v) is 30.6. The lowest BCUT2D eigenvalue weighted by Gasteiger charge is -2.42. The van der Waals surface area contributed by atoms with Gasteiger partial charge in [0.05, 0.1) is 30.8 Å². The van der Waals surface area contributed by atoms with Gasteiger partial charge in [0.25, 0.3) is 0 Å². The summed E-state index contributed by atoms with van der Waals surface area (Å²) < 4.78 is 23.7. The monoisotopic (exact) mass is 717 g/mol. The number of aromatic nitrogens is 2. The average molecular weight is 718 g/mol. The number of carbonyl (C=O) groups excluding carboxylic acids is 1. The first-order chi connectivity index (χ1) is 25.9. The zero-order chi connectivity index (χ0) is 36.4. The molecule has 0 unspecified atom stereocenters. The van der Waals surface area contributed by atoms with Crippen LogP contribution in [0, 0.1) is 11.3 Å². The molecule has 0 radical (unpaired) electrons. The predicted octanol–water partition coefficient (Wildman–Crippen LogP) is 5.92. The summed E-state index contributed by atoms with van der Waals surface area (Å²) in [6, 6.07) is 24.8. The number of methoxy groups -OCH3 is 1. The highest BCUT2D eigenvalue weighted by Gasteiger charge is 2.55. The van der Waals surface area contributed by atoms with Crippen molar-refractivity contribution in [2.45, 2.75) is 69.4 Å². The first-order valence-electron chi connectivity index (χ1n) is 18.7. The number of carbonyl (C=O) groups is 1. The molecule has 1 saturated carbocycles. The molecule has 2 atom stereocenters. The van der Waals surface area contributed by atoms with Gasteiger partial charge in [-0.25, -0.2) is 4.79 Å². The quantitative estimate of drug-likeness (QED) is 0.172. The molecular formula is C41H47N7O5. The molecule has 0 N–H and O–H groups in total. The van der Waals surface area contributed by atoms with E-state index in [1.165, 1.54) is 0 Å². The van der Waals surface area contributed by atoms with Crippen molar-refractivity contribution in [2.24, 2.45) is 0 Å². The summed E-state index contributed by atoms with van der Waals surface area (Å²) in [6.07, 6.45) is 4.74. The number of rotatable bonds is 11.